The van der Waals surface area contributed by atoms with Crippen molar-refractivity contribution < 1.29 is 9.13 Å². The van der Waals surface area contributed by atoms with E-state index in [1.807, 2.05) is 30.3 Å². The summed E-state index contributed by atoms with van der Waals surface area (Å²) in [4.78, 5) is 4.31. The molecule has 0 radical (unpaired) electrons. The minimum Gasteiger partial charge on any atom is -0.488 e. The summed E-state index contributed by atoms with van der Waals surface area (Å²) in [6.45, 7) is 0.410. The summed E-state index contributed by atoms with van der Waals surface area (Å²) < 4.78 is 19.4. The predicted molar refractivity (Wildman–Crippen MR) is 80.2 cm³/mol. The predicted octanol–water partition coefficient (Wildman–Crippen LogP) is 4.72. The molecule has 0 bridgehead atoms. The Morgan fingerprint density at radius 2 is 1.95 bits per heavy atom. The first-order valence-corrected chi connectivity index (χ1v) is 6.94. The number of rotatable bonds is 3. The lowest BCUT2D eigenvalue weighted by molar-refractivity contribution is 0.305. The number of hydrogen-bond acceptors (Lipinski definition) is 2. The zero-order valence-corrected chi connectivity index (χ0v) is 12.1. The average molecular weight is 332 g/mol. The van der Waals surface area contributed by atoms with Gasteiger partial charge in [-0.05, 0) is 46.3 Å². The third-order valence-electron chi connectivity index (χ3n) is 3.02. The Balaban J connectivity index is 1.87. The zero-order chi connectivity index (χ0) is 13.9. The second-order valence-electron chi connectivity index (χ2n) is 4.35. The molecule has 1 heterocycles. The van der Waals surface area contributed by atoms with Crippen LogP contribution < -0.4 is 4.74 Å². The molecule has 0 saturated heterocycles. The van der Waals surface area contributed by atoms with Crippen LogP contribution in [0.5, 0.6) is 5.75 Å². The fourth-order valence-electron chi connectivity index (χ4n) is 2.03. The number of aromatic nitrogens is 1. The van der Waals surface area contributed by atoms with Crippen LogP contribution in [0, 0.1) is 5.82 Å². The van der Waals surface area contributed by atoms with E-state index in [9.17, 15) is 4.39 Å². The minimum absolute atomic E-state index is 0.293. The zero-order valence-electron chi connectivity index (χ0n) is 10.5. The topological polar surface area (TPSA) is 22.1 Å². The molecule has 0 aliphatic rings. The summed E-state index contributed by atoms with van der Waals surface area (Å²) in [5.41, 5.74) is 1.98. The van der Waals surface area contributed by atoms with Gasteiger partial charge in [-0.1, -0.05) is 18.2 Å². The first-order chi connectivity index (χ1) is 9.74. The third-order valence-corrected chi connectivity index (χ3v) is 3.64. The lowest BCUT2D eigenvalue weighted by Gasteiger charge is -2.10. The Morgan fingerprint density at radius 3 is 2.80 bits per heavy atom. The largest absolute Gasteiger partial charge is 0.488 e. The van der Waals surface area contributed by atoms with Gasteiger partial charge in [0.05, 0.1) is 9.99 Å². The van der Waals surface area contributed by atoms with Gasteiger partial charge in [0.2, 0.25) is 0 Å². The Hall–Kier alpha value is -1.94. The molecule has 3 aromatic rings. The van der Waals surface area contributed by atoms with Gasteiger partial charge in [0.1, 0.15) is 18.2 Å². The normalized spacial score (nSPS) is 10.7. The SMILES string of the molecule is Fc1ccc(OCc2ccnc3ccccc23)c(Br)c1. The first-order valence-electron chi connectivity index (χ1n) is 6.14. The molecule has 4 heteroatoms. The number of fused-ring (bicyclic) bond motifs is 1. The number of nitrogens with zero attached hydrogens (tertiary/aromatic N) is 1. The van der Waals surface area contributed by atoms with Crippen LogP contribution in [-0.2, 0) is 6.61 Å². The quantitative estimate of drug-likeness (QED) is 0.693. The molecule has 1 aromatic heterocycles. The van der Waals surface area contributed by atoms with Crippen molar-refractivity contribution in [2.45, 2.75) is 6.61 Å². The maximum atomic E-state index is 13.0. The van der Waals surface area contributed by atoms with E-state index in [1.54, 1.807) is 12.3 Å². The van der Waals surface area contributed by atoms with Crippen molar-refractivity contribution in [3.63, 3.8) is 0 Å². The molecule has 0 aliphatic carbocycles. The van der Waals surface area contributed by atoms with E-state index >= 15 is 0 Å². The first kappa shape index (κ1) is 13.1. The van der Waals surface area contributed by atoms with Crippen molar-refractivity contribution >= 4 is 26.8 Å². The highest BCUT2D eigenvalue weighted by atomic mass is 79.9. The highest BCUT2D eigenvalue weighted by Gasteiger charge is 2.05. The smallest absolute Gasteiger partial charge is 0.134 e. The molecule has 0 fully saturated rings. The molecule has 20 heavy (non-hydrogen) atoms. The van der Waals surface area contributed by atoms with Gasteiger partial charge in [0, 0.05) is 17.1 Å². The van der Waals surface area contributed by atoms with Gasteiger partial charge in [-0.2, -0.15) is 0 Å². The maximum Gasteiger partial charge on any atom is 0.134 e. The summed E-state index contributed by atoms with van der Waals surface area (Å²) in [5.74, 6) is 0.325. The molecule has 0 unspecified atom stereocenters. The maximum absolute atomic E-state index is 13.0. The molecule has 0 atom stereocenters. The summed E-state index contributed by atoms with van der Waals surface area (Å²) in [6.07, 6.45) is 1.76. The van der Waals surface area contributed by atoms with Crippen molar-refractivity contribution in [2.24, 2.45) is 0 Å². The summed E-state index contributed by atoms with van der Waals surface area (Å²) in [5, 5.41) is 1.06. The molecule has 0 amide bonds. The van der Waals surface area contributed by atoms with Crippen molar-refractivity contribution in [3.8, 4) is 5.75 Å². The Bertz CT molecular complexity index is 755. The van der Waals surface area contributed by atoms with Crippen LogP contribution >= 0.6 is 15.9 Å². The number of halogens is 2. The number of benzene rings is 2. The molecule has 3 rings (SSSR count). The van der Waals surface area contributed by atoms with Gasteiger partial charge >= 0.3 is 0 Å². The van der Waals surface area contributed by atoms with Crippen LogP contribution in [0.25, 0.3) is 10.9 Å². The van der Waals surface area contributed by atoms with E-state index in [4.69, 9.17) is 4.74 Å². The van der Waals surface area contributed by atoms with E-state index in [-0.39, 0.29) is 5.82 Å². The highest BCUT2D eigenvalue weighted by molar-refractivity contribution is 9.10. The number of para-hydroxylation sites is 1. The van der Waals surface area contributed by atoms with Crippen molar-refractivity contribution in [1.29, 1.82) is 0 Å². The van der Waals surface area contributed by atoms with Gasteiger partial charge in [-0.15, -0.1) is 0 Å². The molecule has 0 saturated carbocycles. The lowest BCUT2D eigenvalue weighted by Crippen LogP contribution is -1.98. The van der Waals surface area contributed by atoms with Crippen LogP contribution in [-0.4, -0.2) is 4.98 Å². The molecule has 0 spiro atoms. The van der Waals surface area contributed by atoms with Crippen LogP contribution in [0.15, 0.2) is 59.2 Å². The van der Waals surface area contributed by atoms with Crippen LogP contribution in [0.2, 0.25) is 0 Å². The van der Waals surface area contributed by atoms with Crippen molar-refractivity contribution in [1.82, 2.24) is 4.98 Å². The average Bonchev–Trinajstić information content (AvgIpc) is 2.46. The summed E-state index contributed by atoms with van der Waals surface area (Å²) >= 11 is 3.29. The van der Waals surface area contributed by atoms with Gasteiger partial charge in [-0.25, -0.2) is 4.39 Å². The lowest BCUT2D eigenvalue weighted by atomic mass is 10.1. The monoisotopic (exact) mass is 331 g/mol. The van der Waals surface area contributed by atoms with Gasteiger partial charge < -0.3 is 4.74 Å². The van der Waals surface area contributed by atoms with E-state index < -0.39 is 0 Å². The second-order valence-corrected chi connectivity index (χ2v) is 5.20. The van der Waals surface area contributed by atoms with Crippen molar-refractivity contribution in [3.05, 3.63) is 70.6 Å². The molecular formula is C16H11BrFNO. The Labute approximate surface area is 124 Å². The standard InChI is InChI=1S/C16H11BrFNO/c17-14-9-12(18)5-6-16(14)20-10-11-7-8-19-15-4-2-1-3-13(11)15/h1-9H,10H2. The Morgan fingerprint density at radius 1 is 1.10 bits per heavy atom. The van der Waals surface area contributed by atoms with E-state index in [0.717, 1.165) is 16.5 Å². The summed E-state index contributed by atoms with van der Waals surface area (Å²) in [6, 6.07) is 14.2. The number of pyridine rings is 1. The number of ether oxygens (including phenoxy) is 1. The van der Waals surface area contributed by atoms with Crippen molar-refractivity contribution in [2.75, 3.05) is 0 Å². The number of hydrogen-bond donors (Lipinski definition) is 0. The molecule has 100 valence electrons. The molecule has 2 nitrogen and oxygen atoms in total. The molecule has 0 aliphatic heterocycles. The van der Waals surface area contributed by atoms with Crippen LogP contribution in [0.4, 0.5) is 4.39 Å². The fourth-order valence-corrected chi connectivity index (χ4v) is 2.49. The molecule has 2 aromatic carbocycles. The summed E-state index contributed by atoms with van der Waals surface area (Å²) in [7, 11) is 0. The highest BCUT2D eigenvalue weighted by Crippen LogP contribution is 2.27. The minimum atomic E-state index is -0.293. The van der Waals surface area contributed by atoms with Gasteiger partial charge in [0.15, 0.2) is 0 Å². The fraction of sp³-hybridized carbons (Fsp3) is 0.0625. The third kappa shape index (κ3) is 2.65. The molecular weight excluding hydrogens is 321 g/mol. The van der Waals surface area contributed by atoms with E-state index in [0.29, 0.717) is 16.8 Å². The van der Waals surface area contributed by atoms with Crippen LogP contribution in [0.1, 0.15) is 5.56 Å². The Kier molecular flexibility index (Phi) is 3.65. The molecule has 0 N–H and O–H groups in total. The van der Waals surface area contributed by atoms with E-state index in [2.05, 4.69) is 20.9 Å². The van der Waals surface area contributed by atoms with Gasteiger partial charge in [-0.3, -0.25) is 4.98 Å². The van der Waals surface area contributed by atoms with Crippen LogP contribution in [0.3, 0.4) is 0 Å². The van der Waals surface area contributed by atoms with E-state index in [1.165, 1.54) is 12.1 Å². The second kappa shape index (κ2) is 5.59. The van der Waals surface area contributed by atoms with Gasteiger partial charge in [0.25, 0.3) is 0 Å².